The molecule has 2 aromatic rings. The second-order valence-electron chi connectivity index (χ2n) is 4.41. The molecule has 1 N–H and O–H groups in total. The molecule has 3 rings (SSSR count). The first-order valence-corrected chi connectivity index (χ1v) is 8.39. The quantitative estimate of drug-likeness (QED) is 0.900. The molecule has 0 saturated heterocycles. The van der Waals surface area contributed by atoms with Crippen LogP contribution in [0.4, 0.5) is 0 Å². The van der Waals surface area contributed by atoms with Crippen LogP contribution in [0.5, 0.6) is 5.75 Å². The molecule has 7 nitrogen and oxygen atoms in total. The maximum atomic E-state index is 12.2. The van der Waals surface area contributed by atoms with E-state index in [1.165, 1.54) is 6.07 Å². The Kier molecular flexibility index (Phi) is 3.38. The predicted octanol–water partition coefficient (Wildman–Crippen LogP) is 0.900. The van der Waals surface area contributed by atoms with E-state index in [0.29, 0.717) is 23.8 Å². The molecule has 110 valence electrons. The summed E-state index contributed by atoms with van der Waals surface area (Å²) in [6, 6.07) is 5.08. The van der Waals surface area contributed by atoms with Crippen LogP contribution in [-0.4, -0.2) is 31.1 Å². The van der Waals surface area contributed by atoms with Crippen molar-refractivity contribution in [1.82, 2.24) is 14.9 Å². The van der Waals surface area contributed by atoms with Crippen molar-refractivity contribution in [2.45, 2.75) is 17.7 Å². The summed E-state index contributed by atoms with van der Waals surface area (Å²) in [5.74, 6) is -0.291. The maximum absolute atomic E-state index is 12.2. The highest BCUT2D eigenvalue weighted by Gasteiger charge is 2.26. The van der Waals surface area contributed by atoms with Gasteiger partial charge in [0.1, 0.15) is 10.8 Å². The van der Waals surface area contributed by atoms with Crippen LogP contribution in [0.25, 0.3) is 0 Å². The lowest BCUT2D eigenvalue weighted by molar-refractivity contribution is 0.0978. The van der Waals surface area contributed by atoms with Gasteiger partial charge in [-0.05, 0) is 18.6 Å². The van der Waals surface area contributed by atoms with Crippen LogP contribution in [0.2, 0.25) is 0 Å². The fourth-order valence-corrected chi connectivity index (χ4v) is 3.93. The molecule has 0 unspecified atom stereocenters. The number of sulfonamides is 1. The lowest BCUT2D eigenvalue weighted by atomic mass is 10.1. The summed E-state index contributed by atoms with van der Waals surface area (Å²) in [7, 11) is -4.01. The van der Waals surface area contributed by atoms with E-state index in [-0.39, 0.29) is 9.90 Å². The van der Waals surface area contributed by atoms with E-state index < -0.39 is 15.9 Å². The van der Waals surface area contributed by atoms with Crippen molar-refractivity contribution in [3.05, 3.63) is 34.3 Å². The molecule has 0 aliphatic carbocycles. The summed E-state index contributed by atoms with van der Waals surface area (Å²) in [6.07, 6.45) is 0.707. The Labute approximate surface area is 125 Å². The molecular formula is C12H11N3O4S2. The smallest absolute Gasteiger partial charge is 0.293 e. The lowest BCUT2D eigenvalue weighted by Crippen LogP contribution is -2.30. The molecule has 1 aliphatic heterocycles. The van der Waals surface area contributed by atoms with Crippen LogP contribution < -0.4 is 9.46 Å². The second kappa shape index (κ2) is 5.08. The summed E-state index contributed by atoms with van der Waals surface area (Å²) < 4.78 is 31.3. The zero-order valence-corrected chi connectivity index (χ0v) is 12.6. The van der Waals surface area contributed by atoms with E-state index in [9.17, 15) is 13.2 Å². The Balaban J connectivity index is 1.89. The van der Waals surface area contributed by atoms with Crippen LogP contribution >= 0.6 is 11.3 Å². The number of fused-ring (bicyclic) bond motifs is 1. The van der Waals surface area contributed by atoms with Gasteiger partial charge in [0.2, 0.25) is 0 Å². The summed E-state index contributed by atoms with van der Waals surface area (Å²) in [5, 5.41) is 7.68. The van der Waals surface area contributed by atoms with Crippen molar-refractivity contribution in [2.24, 2.45) is 0 Å². The number of hydrogen-bond donors (Lipinski definition) is 1. The molecule has 0 atom stereocenters. The number of rotatable bonds is 3. The van der Waals surface area contributed by atoms with Gasteiger partial charge in [-0.3, -0.25) is 4.79 Å². The molecule has 2 heterocycles. The fourth-order valence-electron chi connectivity index (χ4n) is 2.00. The van der Waals surface area contributed by atoms with Gasteiger partial charge in [-0.15, -0.1) is 10.2 Å². The highest BCUT2D eigenvalue weighted by Crippen LogP contribution is 2.29. The first-order chi connectivity index (χ1) is 9.97. The Bertz CT molecular complexity index is 814. The van der Waals surface area contributed by atoms with Gasteiger partial charge in [0.05, 0.1) is 12.2 Å². The molecule has 1 aliphatic rings. The number of hydrogen-bond acceptors (Lipinski definition) is 7. The van der Waals surface area contributed by atoms with Crippen molar-refractivity contribution in [2.75, 3.05) is 6.61 Å². The van der Waals surface area contributed by atoms with Gasteiger partial charge in [-0.1, -0.05) is 23.5 Å². The average molecular weight is 325 g/mol. The van der Waals surface area contributed by atoms with Crippen molar-refractivity contribution < 1.29 is 17.9 Å². The molecular weight excluding hydrogens is 314 g/mol. The Morgan fingerprint density at radius 3 is 2.90 bits per heavy atom. The summed E-state index contributed by atoms with van der Waals surface area (Å²) in [6.45, 7) is 2.12. The largest absolute Gasteiger partial charge is 0.492 e. The summed E-state index contributed by atoms with van der Waals surface area (Å²) >= 11 is 0.901. The average Bonchev–Trinajstić information content (AvgIpc) is 3.05. The first kappa shape index (κ1) is 14.0. The SMILES string of the molecule is Cc1nnc(S(=O)(=O)NC(=O)c2cccc3c2OCC3)s1. The van der Waals surface area contributed by atoms with E-state index in [0.717, 1.165) is 16.9 Å². The summed E-state index contributed by atoms with van der Waals surface area (Å²) in [4.78, 5) is 12.2. The van der Waals surface area contributed by atoms with E-state index in [2.05, 4.69) is 10.2 Å². The van der Waals surface area contributed by atoms with Crippen LogP contribution in [0.15, 0.2) is 22.5 Å². The minimum atomic E-state index is -4.01. The monoisotopic (exact) mass is 325 g/mol. The molecule has 1 aromatic heterocycles. The number of nitrogens with one attached hydrogen (secondary N) is 1. The van der Waals surface area contributed by atoms with Gasteiger partial charge < -0.3 is 4.74 Å². The molecule has 9 heteroatoms. The van der Waals surface area contributed by atoms with Crippen molar-refractivity contribution in [3.63, 3.8) is 0 Å². The number of amides is 1. The minimum absolute atomic E-state index is 0.204. The van der Waals surface area contributed by atoms with E-state index >= 15 is 0 Å². The number of para-hydroxylation sites is 1. The number of aryl methyl sites for hydroxylation is 1. The number of carbonyl (C=O) groups excluding carboxylic acids is 1. The Morgan fingerprint density at radius 1 is 1.38 bits per heavy atom. The molecule has 1 amide bonds. The van der Waals surface area contributed by atoms with Crippen molar-refractivity contribution >= 4 is 27.3 Å². The van der Waals surface area contributed by atoms with Crippen molar-refractivity contribution in [3.8, 4) is 5.75 Å². The standard InChI is InChI=1S/C12H11N3O4S2/c1-7-13-14-12(20-7)21(17,18)15-11(16)9-4-2-3-8-5-6-19-10(8)9/h2-4H,5-6H2,1H3,(H,15,16). The molecule has 0 fully saturated rings. The minimum Gasteiger partial charge on any atom is -0.492 e. The predicted molar refractivity (Wildman–Crippen MR) is 74.9 cm³/mol. The number of nitrogens with zero attached hydrogens (tertiary/aromatic N) is 2. The number of benzene rings is 1. The Morgan fingerprint density at radius 2 is 2.19 bits per heavy atom. The number of aromatic nitrogens is 2. The second-order valence-corrected chi connectivity index (χ2v) is 7.45. The van der Waals surface area contributed by atoms with Gasteiger partial charge in [0.25, 0.3) is 20.3 Å². The van der Waals surface area contributed by atoms with Crippen LogP contribution in [0, 0.1) is 6.92 Å². The van der Waals surface area contributed by atoms with Gasteiger partial charge in [0.15, 0.2) is 0 Å². The molecule has 0 bridgehead atoms. The normalized spacial score (nSPS) is 13.6. The number of ether oxygens (including phenoxy) is 1. The zero-order valence-electron chi connectivity index (χ0n) is 11.0. The third-order valence-corrected chi connectivity index (χ3v) is 5.46. The first-order valence-electron chi connectivity index (χ1n) is 6.09. The molecule has 21 heavy (non-hydrogen) atoms. The van der Waals surface area contributed by atoms with Crippen LogP contribution in [-0.2, 0) is 16.4 Å². The maximum Gasteiger partial charge on any atom is 0.293 e. The number of carbonyl (C=O) groups is 1. The van der Waals surface area contributed by atoms with E-state index in [1.54, 1.807) is 13.0 Å². The van der Waals surface area contributed by atoms with Gasteiger partial charge in [0, 0.05) is 6.42 Å². The van der Waals surface area contributed by atoms with Gasteiger partial charge in [-0.25, -0.2) is 4.72 Å². The van der Waals surface area contributed by atoms with Crippen molar-refractivity contribution in [1.29, 1.82) is 0 Å². The summed E-state index contributed by atoms with van der Waals surface area (Å²) in [5.41, 5.74) is 1.10. The van der Waals surface area contributed by atoms with Gasteiger partial charge in [-0.2, -0.15) is 8.42 Å². The fraction of sp³-hybridized carbons (Fsp3) is 0.250. The Hall–Kier alpha value is -2.00. The molecule has 0 radical (unpaired) electrons. The third-order valence-electron chi connectivity index (χ3n) is 2.92. The topological polar surface area (TPSA) is 98.3 Å². The molecule has 0 saturated carbocycles. The van der Waals surface area contributed by atoms with E-state index in [1.807, 2.05) is 10.8 Å². The van der Waals surface area contributed by atoms with E-state index in [4.69, 9.17) is 4.74 Å². The van der Waals surface area contributed by atoms with Gasteiger partial charge >= 0.3 is 0 Å². The highest BCUT2D eigenvalue weighted by atomic mass is 32.2. The lowest BCUT2D eigenvalue weighted by Gasteiger charge is -2.08. The third kappa shape index (κ3) is 2.61. The highest BCUT2D eigenvalue weighted by molar-refractivity contribution is 7.92. The molecule has 0 spiro atoms. The zero-order chi connectivity index (χ0) is 15.0. The molecule has 1 aromatic carbocycles. The van der Waals surface area contributed by atoms with Crippen LogP contribution in [0.1, 0.15) is 20.9 Å². The van der Waals surface area contributed by atoms with Crippen LogP contribution in [0.3, 0.4) is 0 Å².